The van der Waals surface area contributed by atoms with E-state index in [0.29, 0.717) is 17.6 Å². The highest BCUT2D eigenvalue weighted by molar-refractivity contribution is 5.42. The summed E-state index contributed by atoms with van der Waals surface area (Å²) in [5, 5.41) is 9.55. The molecule has 0 radical (unpaired) electrons. The zero-order valence-electron chi connectivity index (χ0n) is 8.98. The Morgan fingerprint density at radius 2 is 2.12 bits per heavy atom. The van der Waals surface area contributed by atoms with Gasteiger partial charge in [0.1, 0.15) is 5.82 Å². The normalized spacial score (nSPS) is 10.1. The molecule has 0 aliphatic rings. The van der Waals surface area contributed by atoms with Crippen molar-refractivity contribution in [3.05, 3.63) is 17.8 Å². The topological polar surface area (TPSA) is 102 Å². The summed E-state index contributed by atoms with van der Waals surface area (Å²) >= 11 is 0. The first-order valence-electron chi connectivity index (χ1n) is 4.69. The number of nitrogen functional groups attached to an aromatic ring is 1. The summed E-state index contributed by atoms with van der Waals surface area (Å²) in [4.78, 5) is 7.88. The number of nitrogens with two attached hydrogens (primary N) is 1. The molecule has 4 N–H and O–H groups in total. The van der Waals surface area contributed by atoms with Gasteiger partial charge in [-0.3, -0.25) is 5.10 Å². The quantitative estimate of drug-likeness (QED) is 0.711. The van der Waals surface area contributed by atoms with Crippen LogP contribution in [0.3, 0.4) is 0 Å². The molecule has 0 aliphatic heterocycles. The van der Waals surface area contributed by atoms with Crippen LogP contribution in [-0.4, -0.2) is 27.2 Å². The number of hydrogen-bond acceptors (Lipinski definition) is 6. The lowest BCUT2D eigenvalue weighted by Gasteiger charge is -2.04. The van der Waals surface area contributed by atoms with E-state index < -0.39 is 0 Å². The van der Waals surface area contributed by atoms with Crippen molar-refractivity contribution in [2.75, 3.05) is 18.1 Å². The first-order valence-corrected chi connectivity index (χ1v) is 4.69. The van der Waals surface area contributed by atoms with Crippen LogP contribution in [0, 0.1) is 6.92 Å². The van der Waals surface area contributed by atoms with Gasteiger partial charge < -0.3 is 15.8 Å². The average Bonchev–Trinajstić information content (AvgIpc) is 2.63. The lowest BCUT2D eigenvalue weighted by Crippen LogP contribution is -2.01. The van der Waals surface area contributed by atoms with E-state index in [-0.39, 0.29) is 5.95 Å². The molecule has 2 aromatic heterocycles. The number of anilines is 2. The average molecular weight is 220 g/mol. The van der Waals surface area contributed by atoms with E-state index in [1.165, 1.54) is 0 Å². The van der Waals surface area contributed by atoms with E-state index >= 15 is 0 Å². The number of H-pyrrole nitrogens is 1. The number of nitrogens with zero attached hydrogens (tertiary/aromatic N) is 3. The molecule has 0 saturated heterocycles. The number of ether oxygens (including phenoxy) is 1. The Kier molecular flexibility index (Phi) is 2.59. The van der Waals surface area contributed by atoms with Crippen molar-refractivity contribution in [1.82, 2.24) is 20.2 Å². The van der Waals surface area contributed by atoms with Crippen molar-refractivity contribution in [1.29, 1.82) is 0 Å². The van der Waals surface area contributed by atoms with Crippen LogP contribution in [0.4, 0.5) is 11.8 Å². The van der Waals surface area contributed by atoms with Gasteiger partial charge in [0.05, 0.1) is 0 Å². The molecule has 0 fully saturated rings. The maximum absolute atomic E-state index is 5.52. The lowest BCUT2D eigenvalue weighted by molar-refractivity contribution is 0.443. The second kappa shape index (κ2) is 4.05. The SMILES string of the molecule is CNc1cc(Oc2cc(C)[nH]n2)nc(N)n1. The number of aromatic amines is 1. The Morgan fingerprint density at radius 1 is 1.31 bits per heavy atom. The molecular weight excluding hydrogens is 208 g/mol. The van der Waals surface area contributed by atoms with Gasteiger partial charge in [-0.1, -0.05) is 0 Å². The van der Waals surface area contributed by atoms with E-state index in [2.05, 4.69) is 25.5 Å². The Labute approximate surface area is 92.1 Å². The monoisotopic (exact) mass is 220 g/mol. The third kappa shape index (κ3) is 2.19. The molecule has 0 atom stereocenters. The third-order valence-electron chi connectivity index (χ3n) is 1.87. The maximum atomic E-state index is 5.52. The van der Waals surface area contributed by atoms with E-state index in [1.807, 2.05) is 6.92 Å². The fraction of sp³-hybridized carbons (Fsp3) is 0.222. The molecule has 0 aliphatic carbocycles. The van der Waals surface area contributed by atoms with Crippen molar-refractivity contribution in [3.63, 3.8) is 0 Å². The number of aromatic nitrogens is 4. The second-order valence-electron chi connectivity index (χ2n) is 3.19. The molecule has 2 heterocycles. The first kappa shape index (κ1) is 10.2. The molecule has 2 rings (SSSR count). The largest absolute Gasteiger partial charge is 0.419 e. The number of rotatable bonds is 3. The van der Waals surface area contributed by atoms with Crippen LogP contribution in [0.1, 0.15) is 5.69 Å². The first-order chi connectivity index (χ1) is 7.67. The zero-order valence-corrected chi connectivity index (χ0v) is 8.98. The molecule has 2 aromatic rings. The molecule has 84 valence electrons. The van der Waals surface area contributed by atoms with E-state index in [0.717, 1.165) is 5.69 Å². The Balaban J connectivity index is 2.24. The van der Waals surface area contributed by atoms with Gasteiger partial charge in [0.25, 0.3) is 0 Å². The fourth-order valence-corrected chi connectivity index (χ4v) is 1.18. The van der Waals surface area contributed by atoms with Crippen molar-refractivity contribution in [2.24, 2.45) is 0 Å². The molecule has 7 heteroatoms. The van der Waals surface area contributed by atoms with Gasteiger partial charge in [0, 0.05) is 24.9 Å². The van der Waals surface area contributed by atoms with Crippen LogP contribution in [0.25, 0.3) is 0 Å². The molecule has 7 nitrogen and oxygen atoms in total. The zero-order chi connectivity index (χ0) is 11.5. The van der Waals surface area contributed by atoms with Crippen molar-refractivity contribution < 1.29 is 4.74 Å². The van der Waals surface area contributed by atoms with Gasteiger partial charge >= 0.3 is 0 Å². The number of nitrogens with one attached hydrogen (secondary N) is 2. The Morgan fingerprint density at radius 3 is 2.75 bits per heavy atom. The molecule has 0 amide bonds. The van der Waals surface area contributed by atoms with Gasteiger partial charge in [0.15, 0.2) is 0 Å². The highest BCUT2D eigenvalue weighted by atomic mass is 16.5. The lowest BCUT2D eigenvalue weighted by atomic mass is 10.5. The minimum Gasteiger partial charge on any atom is -0.419 e. The van der Waals surface area contributed by atoms with Gasteiger partial charge in [-0.15, -0.1) is 5.10 Å². The van der Waals surface area contributed by atoms with Crippen LogP contribution >= 0.6 is 0 Å². The van der Waals surface area contributed by atoms with Gasteiger partial charge in [-0.05, 0) is 6.92 Å². The van der Waals surface area contributed by atoms with E-state index in [4.69, 9.17) is 10.5 Å². The number of hydrogen-bond donors (Lipinski definition) is 3. The molecule has 0 bridgehead atoms. The van der Waals surface area contributed by atoms with Gasteiger partial charge in [-0.25, -0.2) is 0 Å². The van der Waals surface area contributed by atoms with Crippen LogP contribution in [0.5, 0.6) is 11.8 Å². The Bertz CT molecular complexity index is 494. The molecule has 0 saturated carbocycles. The van der Waals surface area contributed by atoms with Crippen molar-refractivity contribution in [3.8, 4) is 11.8 Å². The predicted octanol–water partition coefficient (Wildman–Crippen LogP) is 0.924. The minimum absolute atomic E-state index is 0.147. The van der Waals surface area contributed by atoms with Gasteiger partial charge in [0.2, 0.25) is 17.7 Å². The molecule has 16 heavy (non-hydrogen) atoms. The third-order valence-corrected chi connectivity index (χ3v) is 1.87. The molecule has 0 unspecified atom stereocenters. The summed E-state index contributed by atoms with van der Waals surface area (Å²) in [6.45, 7) is 1.88. The standard InChI is InChI=1S/C9H12N6O/c1-5-3-8(15-14-5)16-7-4-6(11-2)12-9(10)13-7/h3-4H,1-2H3,(H,14,15)(H3,10,11,12,13). The summed E-state index contributed by atoms with van der Waals surface area (Å²) in [6.07, 6.45) is 0. The number of aryl methyl sites for hydroxylation is 1. The molecular formula is C9H12N6O. The Hall–Kier alpha value is -2.31. The predicted molar refractivity (Wildman–Crippen MR) is 59.4 cm³/mol. The minimum atomic E-state index is 0.147. The van der Waals surface area contributed by atoms with Crippen LogP contribution in [0.2, 0.25) is 0 Å². The summed E-state index contributed by atoms with van der Waals surface area (Å²) in [6, 6.07) is 3.40. The van der Waals surface area contributed by atoms with E-state index in [9.17, 15) is 0 Å². The molecule has 0 aromatic carbocycles. The molecule has 0 spiro atoms. The van der Waals surface area contributed by atoms with Gasteiger partial charge in [-0.2, -0.15) is 9.97 Å². The highest BCUT2D eigenvalue weighted by Crippen LogP contribution is 2.20. The van der Waals surface area contributed by atoms with Crippen LogP contribution < -0.4 is 15.8 Å². The summed E-state index contributed by atoms with van der Waals surface area (Å²) in [7, 11) is 1.74. The highest BCUT2D eigenvalue weighted by Gasteiger charge is 2.05. The smallest absolute Gasteiger partial charge is 0.240 e. The fourth-order valence-electron chi connectivity index (χ4n) is 1.18. The second-order valence-corrected chi connectivity index (χ2v) is 3.19. The van der Waals surface area contributed by atoms with Crippen molar-refractivity contribution in [2.45, 2.75) is 6.92 Å². The van der Waals surface area contributed by atoms with Crippen LogP contribution in [-0.2, 0) is 0 Å². The van der Waals surface area contributed by atoms with E-state index in [1.54, 1.807) is 19.2 Å². The summed E-state index contributed by atoms with van der Waals surface area (Å²) < 4.78 is 5.41. The summed E-state index contributed by atoms with van der Waals surface area (Å²) in [5.74, 6) is 1.53. The van der Waals surface area contributed by atoms with Crippen molar-refractivity contribution >= 4 is 11.8 Å². The summed E-state index contributed by atoms with van der Waals surface area (Å²) in [5.41, 5.74) is 6.43. The maximum Gasteiger partial charge on any atom is 0.240 e. The van der Waals surface area contributed by atoms with Crippen LogP contribution in [0.15, 0.2) is 12.1 Å².